The van der Waals surface area contributed by atoms with Crippen LogP contribution in [0.1, 0.15) is 10.4 Å². The molecule has 7 nitrogen and oxygen atoms in total. The number of halogens is 2. The zero-order chi connectivity index (χ0) is 18.5. The van der Waals surface area contributed by atoms with Gasteiger partial charge < -0.3 is 14.5 Å². The number of anilines is 1. The van der Waals surface area contributed by atoms with Crippen LogP contribution in [0.5, 0.6) is 0 Å². The van der Waals surface area contributed by atoms with Gasteiger partial charge in [0.05, 0.1) is 10.6 Å². The molecule has 9 heteroatoms. The number of benzene rings is 1. The molecule has 2 heterocycles. The minimum atomic E-state index is -0.764. The van der Waals surface area contributed by atoms with Crippen molar-refractivity contribution in [3.63, 3.8) is 0 Å². The number of hydrogen-bond donors (Lipinski definition) is 0. The van der Waals surface area contributed by atoms with E-state index in [4.69, 9.17) is 16.3 Å². The second kappa shape index (κ2) is 8.09. The first-order chi connectivity index (χ1) is 12.5. The van der Waals surface area contributed by atoms with Crippen LogP contribution in [-0.4, -0.2) is 59.5 Å². The fraction of sp³-hybridized carbons (Fsp3) is 0.294. The van der Waals surface area contributed by atoms with Gasteiger partial charge >= 0.3 is 5.97 Å². The van der Waals surface area contributed by atoms with E-state index in [2.05, 4.69) is 9.97 Å². The van der Waals surface area contributed by atoms with Gasteiger partial charge in [-0.05, 0) is 24.3 Å². The molecule has 0 N–H and O–H groups in total. The van der Waals surface area contributed by atoms with Crippen molar-refractivity contribution in [1.82, 2.24) is 14.9 Å². The maximum atomic E-state index is 13.0. The number of nitrogens with zero attached hydrogens (tertiary/aromatic N) is 4. The van der Waals surface area contributed by atoms with Gasteiger partial charge in [0.1, 0.15) is 5.82 Å². The molecule has 0 spiro atoms. The molecule has 1 aromatic heterocycles. The molecule has 1 aromatic carbocycles. The van der Waals surface area contributed by atoms with Gasteiger partial charge in [-0.25, -0.2) is 19.2 Å². The molecule has 1 aliphatic heterocycles. The molecule has 0 unspecified atom stereocenters. The molecule has 0 saturated carbocycles. The molecule has 1 aliphatic rings. The first-order valence-corrected chi connectivity index (χ1v) is 8.34. The molecule has 136 valence electrons. The lowest BCUT2D eigenvalue weighted by molar-refractivity contribution is -0.134. The number of hydrogen-bond acceptors (Lipinski definition) is 6. The van der Waals surface area contributed by atoms with Gasteiger partial charge in [-0.15, -0.1) is 0 Å². The van der Waals surface area contributed by atoms with Crippen molar-refractivity contribution in [2.24, 2.45) is 0 Å². The smallest absolute Gasteiger partial charge is 0.340 e. The van der Waals surface area contributed by atoms with Crippen molar-refractivity contribution in [2.45, 2.75) is 0 Å². The largest absolute Gasteiger partial charge is 0.452 e. The van der Waals surface area contributed by atoms with Crippen LogP contribution in [0.2, 0.25) is 5.02 Å². The third-order valence-corrected chi connectivity index (χ3v) is 4.26. The van der Waals surface area contributed by atoms with Crippen LogP contribution in [0.3, 0.4) is 0 Å². The number of rotatable bonds is 4. The number of piperazine rings is 1. The minimum Gasteiger partial charge on any atom is -0.452 e. The summed E-state index contributed by atoms with van der Waals surface area (Å²) in [6.07, 6.45) is 3.33. The predicted molar refractivity (Wildman–Crippen MR) is 92.5 cm³/mol. The van der Waals surface area contributed by atoms with Gasteiger partial charge in [0, 0.05) is 38.6 Å². The molecule has 26 heavy (non-hydrogen) atoms. The lowest BCUT2D eigenvalue weighted by Crippen LogP contribution is -2.50. The quantitative estimate of drug-likeness (QED) is 0.755. The first kappa shape index (κ1) is 18.1. The van der Waals surface area contributed by atoms with Crippen molar-refractivity contribution in [3.8, 4) is 0 Å². The maximum Gasteiger partial charge on any atom is 0.340 e. The standard InChI is InChI=1S/C17H16ClFN4O3/c18-14-10-12(19)2-3-13(14)16(25)26-11-15(24)22-6-8-23(9-7-22)17-20-4-1-5-21-17/h1-5,10H,6-9,11H2. The van der Waals surface area contributed by atoms with E-state index in [1.807, 2.05) is 4.90 Å². The topological polar surface area (TPSA) is 75.6 Å². The van der Waals surface area contributed by atoms with Crippen LogP contribution in [0, 0.1) is 5.82 Å². The van der Waals surface area contributed by atoms with Crippen LogP contribution in [0.15, 0.2) is 36.7 Å². The molecule has 3 rings (SSSR count). The second-order valence-corrected chi connectivity index (χ2v) is 6.02. The van der Waals surface area contributed by atoms with Crippen molar-refractivity contribution >= 4 is 29.4 Å². The van der Waals surface area contributed by atoms with Gasteiger partial charge in [0.2, 0.25) is 5.95 Å². The number of ether oxygens (including phenoxy) is 1. The molecule has 0 atom stereocenters. The Morgan fingerprint density at radius 1 is 1.15 bits per heavy atom. The lowest BCUT2D eigenvalue weighted by Gasteiger charge is -2.34. The molecule has 2 aromatic rings. The van der Waals surface area contributed by atoms with Gasteiger partial charge in [-0.1, -0.05) is 11.6 Å². The average Bonchev–Trinajstić information content (AvgIpc) is 2.66. The molecule has 1 fully saturated rings. The van der Waals surface area contributed by atoms with E-state index >= 15 is 0 Å². The molecule has 0 aliphatic carbocycles. The number of esters is 1. The number of aromatic nitrogens is 2. The zero-order valence-electron chi connectivity index (χ0n) is 13.8. The van der Waals surface area contributed by atoms with E-state index in [-0.39, 0.29) is 16.5 Å². The molecular weight excluding hydrogens is 363 g/mol. The fourth-order valence-electron chi connectivity index (χ4n) is 2.56. The number of carbonyl (C=O) groups is 2. The SMILES string of the molecule is O=C(OCC(=O)N1CCN(c2ncccn2)CC1)c1ccc(F)cc1Cl. The third-order valence-electron chi connectivity index (χ3n) is 3.95. The fourth-order valence-corrected chi connectivity index (χ4v) is 2.81. The van der Waals surface area contributed by atoms with E-state index in [9.17, 15) is 14.0 Å². The summed E-state index contributed by atoms with van der Waals surface area (Å²) in [5.41, 5.74) is 0.0203. The number of amides is 1. The average molecular weight is 379 g/mol. The molecule has 1 saturated heterocycles. The molecular formula is C17H16ClFN4O3. The predicted octanol–water partition coefficient (Wildman–Crippen LogP) is 1.77. The highest BCUT2D eigenvalue weighted by atomic mass is 35.5. The lowest BCUT2D eigenvalue weighted by atomic mass is 10.2. The number of carbonyl (C=O) groups excluding carboxylic acids is 2. The zero-order valence-corrected chi connectivity index (χ0v) is 14.5. The summed E-state index contributed by atoms with van der Waals surface area (Å²) in [6.45, 7) is 1.74. The van der Waals surface area contributed by atoms with E-state index in [0.29, 0.717) is 32.1 Å². The van der Waals surface area contributed by atoms with E-state index < -0.39 is 18.4 Å². The Labute approximate surface area is 154 Å². The van der Waals surface area contributed by atoms with Gasteiger partial charge in [0.25, 0.3) is 5.91 Å². The summed E-state index contributed by atoms with van der Waals surface area (Å²) < 4.78 is 18.0. The van der Waals surface area contributed by atoms with Crippen LogP contribution in [-0.2, 0) is 9.53 Å². The molecule has 1 amide bonds. The van der Waals surface area contributed by atoms with Gasteiger partial charge in [-0.2, -0.15) is 0 Å². The van der Waals surface area contributed by atoms with Crippen LogP contribution < -0.4 is 4.90 Å². The van der Waals surface area contributed by atoms with E-state index in [1.165, 1.54) is 6.07 Å². The summed E-state index contributed by atoms with van der Waals surface area (Å²) in [5.74, 6) is -0.996. The van der Waals surface area contributed by atoms with Gasteiger partial charge in [-0.3, -0.25) is 4.79 Å². The Kier molecular flexibility index (Phi) is 5.62. The maximum absolute atomic E-state index is 13.0. The first-order valence-electron chi connectivity index (χ1n) is 7.96. The van der Waals surface area contributed by atoms with Gasteiger partial charge in [0.15, 0.2) is 6.61 Å². The monoisotopic (exact) mass is 378 g/mol. The summed E-state index contributed by atoms with van der Waals surface area (Å²) in [7, 11) is 0. The normalized spacial score (nSPS) is 14.2. The Balaban J connectivity index is 1.49. The summed E-state index contributed by atoms with van der Waals surface area (Å²) in [5, 5.41) is -0.0566. The Morgan fingerprint density at radius 3 is 2.50 bits per heavy atom. The summed E-state index contributed by atoms with van der Waals surface area (Å²) in [6, 6.07) is 5.09. The second-order valence-electron chi connectivity index (χ2n) is 5.62. The highest BCUT2D eigenvalue weighted by Crippen LogP contribution is 2.18. The van der Waals surface area contributed by atoms with Crippen molar-refractivity contribution in [2.75, 3.05) is 37.7 Å². The molecule has 0 bridgehead atoms. The summed E-state index contributed by atoms with van der Waals surface area (Å²) >= 11 is 5.81. The highest BCUT2D eigenvalue weighted by Gasteiger charge is 2.23. The van der Waals surface area contributed by atoms with Crippen molar-refractivity contribution in [1.29, 1.82) is 0 Å². The van der Waals surface area contributed by atoms with Crippen LogP contribution >= 0.6 is 11.6 Å². The van der Waals surface area contributed by atoms with Crippen molar-refractivity contribution in [3.05, 3.63) is 53.1 Å². The van der Waals surface area contributed by atoms with Crippen LogP contribution in [0.4, 0.5) is 10.3 Å². The third kappa shape index (κ3) is 4.26. The highest BCUT2D eigenvalue weighted by molar-refractivity contribution is 6.33. The van der Waals surface area contributed by atoms with Crippen molar-refractivity contribution < 1.29 is 18.7 Å². The molecule has 0 radical (unpaired) electrons. The summed E-state index contributed by atoms with van der Waals surface area (Å²) in [4.78, 5) is 36.2. The Morgan fingerprint density at radius 2 is 1.85 bits per heavy atom. The Hall–Kier alpha value is -2.74. The van der Waals surface area contributed by atoms with E-state index in [0.717, 1.165) is 12.1 Å². The Bertz CT molecular complexity index is 798. The van der Waals surface area contributed by atoms with E-state index in [1.54, 1.807) is 23.4 Å². The minimum absolute atomic E-state index is 0.0203. The van der Waals surface area contributed by atoms with Crippen LogP contribution in [0.25, 0.3) is 0 Å².